The topological polar surface area (TPSA) is 77.5 Å². The van der Waals surface area contributed by atoms with Gasteiger partial charge in [0.05, 0.1) is 18.6 Å². The molecule has 1 amide bonds. The number of unbranched alkanes of at least 4 members (excludes halogenated alkanes) is 4. The molecule has 0 saturated heterocycles. The van der Waals surface area contributed by atoms with Gasteiger partial charge in [-0.1, -0.05) is 71.6 Å². The summed E-state index contributed by atoms with van der Waals surface area (Å²) in [6, 6.07) is 19.0. The molecule has 0 fully saturated rings. The highest BCUT2D eigenvalue weighted by atomic mass is 32.1. The second kappa shape index (κ2) is 15.8. The van der Waals surface area contributed by atoms with Gasteiger partial charge in [-0.25, -0.2) is 14.2 Å². The van der Waals surface area contributed by atoms with Gasteiger partial charge in [0, 0.05) is 23.7 Å². The van der Waals surface area contributed by atoms with E-state index >= 15 is 4.39 Å². The lowest BCUT2D eigenvalue weighted by atomic mass is 9.86. The predicted molar refractivity (Wildman–Crippen MR) is 179 cm³/mol. The average molecular weight is 631 g/mol. The maximum atomic E-state index is 15.4. The Kier molecular flexibility index (Phi) is 11.9. The summed E-state index contributed by atoms with van der Waals surface area (Å²) in [5.74, 6) is -0.628. The lowest BCUT2D eigenvalue weighted by Gasteiger charge is -2.20. The number of hydrogen-bond donors (Lipinski definition) is 1. The summed E-state index contributed by atoms with van der Waals surface area (Å²) in [5.41, 5.74) is 3.38. The summed E-state index contributed by atoms with van der Waals surface area (Å²) in [6.07, 6.45) is 7.79. The van der Waals surface area contributed by atoms with E-state index in [1.807, 2.05) is 36.4 Å². The van der Waals surface area contributed by atoms with Crippen LogP contribution in [0.1, 0.15) is 81.3 Å². The summed E-state index contributed by atoms with van der Waals surface area (Å²) < 4.78 is 26.2. The molecule has 0 saturated carbocycles. The average Bonchev–Trinajstić information content (AvgIpc) is 3.52. The summed E-state index contributed by atoms with van der Waals surface area (Å²) in [5, 5.41) is 3.30. The highest BCUT2D eigenvalue weighted by molar-refractivity contribution is 7.18. The van der Waals surface area contributed by atoms with Gasteiger partial charge in [-0.15, -0.1) is 11.3 Å². The monoisotopic (exact) mass is 630 g/mol. The number of nitrogens with zero attached hydrogens (tertiary/aromatic N) is 1. The molecular formula is C37H43FN2O4S. The number of methoxy groups -OCH3 is 1. The Labute approximate surface area is 270 Å². The molecule has 3 aromatic carbocycles. The Morgan fingerprint density at radius 2 is 1.67 bits per heavy atom. The number of carbonyl (C=O) groups is 2. The molecule has 45 heavy (non-hydrogen) atoms. The van der Waals surface area contributed by atoms with E-state index in [4.69, 9.17) is 9.47 Å². The van der Waals surface area contributed by atoms with Gasteiger partial charge >= 0.3 is 5.97 Å². The Morgan fingerprint density at radius 3 is 2.31 bits per heavy atom. The number of nitrogens with one attached hydrogen (secondary N) is 1. The van der Waals surface area contributed by atoms with E-state index in [1.54, 1.807) is 30.5 Å². The maximum absolute atomic E-state index is 15.4. The standard InChI is InChI=1S/C37H43FN2O4S/c1-6-7-8-9-10-21-44-29-18-14-26(15-19-29)33-24-39-35(45-33)30-20-11-25(22-31(30)38)23-32(36(42)43-5)40-34(41)27-12-16-28(17-13-27)37(2,3)4/h11-20,22,24,32H,6-10,21,23H2,1-5H3,(H,40,41)/t32-/m0/s1. The third-order valence-electron chi connectivity index (χ3n) is 7.67. The zero-order valence-corrected chi connectivity index (χ0v) is 27.6. The minimum atomic E-state index is -0.977. The van der Waals surface area contributed by atoms with Crippen molar-refractivity contribution in [2.24, 2.45) is 0 Å². The van der Waals surface area contributed by atoms with Gasteiger partial charge in [-0.2, -0.15) is 0 Å². The van der Waals surface area contributed by atoms with Crippen molar-refractivity contribution < 1.29 is 23.5 Å². The quantitative estimate of drug-likeness (QED) is 0.111. The molecule has 0 unspecified atom stereocenters. The molecular weight excluding hydrogens is 587 g/mol. The number of aromatic nitrogens is 1. The molecule has 1 N–H and O–H groups in total. The molecule has 4 rings (SSSR count). The summed E-state index contributed by atoms with van der Waals surface area (Å²) in [4.78, 5) is 30.9. The fraction of sp³-hybridized carbons (Fsp3) is 0.378. The van der Waals surface area contributed by atoms with Crippen molar-refractivity contribution in [1.29, 1.82) is 0 Å². The van der Waals surface area contributed by atoms with Crippen LogP contribution in [0, 0.1) is 5.82 Å². The van der Waals surface area contributed by atoms with Crippen LogP contribution in [0.25, 0.3) is 21.0 Å². The van der Waals surface area contributed by atoms with Gasteiger partial charge < -0.3 is 14.8 Å². The number of rotatable bonds is 14. The Hall–Kier alpha value is -4.04. The molecule has 6 nitrogen and oxygen atoms in total. The first-order valence-electron chi connectivity index (χ1n) is 15.6. The van der Waals surface area contributed by atoms with Crippen LogP contribution in [-0.2, 0) is 21.4 Å². The highest BCUT2D eigenvalue weighted by Gasteiger charge is 2.24. The fourth-order valence-electron chi connectivity index (χ4n) is 4.94. The molecule has 0 radical (unpaired) electrons. The summed E-state index contributed by atoms with van der Waals surface area (Å²) in [6.45, 7) is 9.21. The van der Waals surface area contributed by atoms with Crippen LogP contribution in [0.5, 0.6) is 5.75 Å². The third kappa shape index (κ3) is 9.47. The SMILES string of the molecule is CCCCCCCOc1ccc(-c2cnc(-c3ccc(C[C@H](NC(=O)c4ccc(C(C)(C)C)cc4)C(=O)OC)cc3F)s2)cc1. The van der Waals surface area contributed by atoms with E-state index in [1.165, 1.54) is 50.2 Å². The lowest BCUT2D eigenvalue weighted by molar-refractivity contribution is -0.142. The predicted octanol–water partition coefficient (Wildman–Crippen LogP) is 8.78. The van der Waals surface area contributed by atoms with Gasteiger partial charge in [0.15, 0.2) is 0 Å². The first kappa shape index (κ1) is 33.8. The Balaban J connectivity index is 1.39. The molecule has 1 atom stereocenters. The van der Waals surface area contributed by atoms with Crippen LogP contribution in [0.15, 0.2) is 72.9 Å². The van der Waals surface area contributed by atoms with Crippen LogP contribution >= 0.6 is 11.3 Å². The highest BCUT2D eigenvalue weighted by Crippen LogP contribution is 2.34. The van der Waals surface area contributed by atoms with Crippen LogP contribution in [0.3, 0.4) is 0 Å². The van der Waals surface area contributed by atoms with Crippen molar-refractivity contribution in [2.75, 3.05) is 13.7 Å². The minimum absolute atomic E-state index is 0.0479. The van der Waals surface area contributed by atoms with Gasteiger partial charge in [-0.3, -0.25) is 4.79 Å². The van der Waals surface area contributed by atoms with E-state index < -0.39 is 23.7 Å². The first-order valence-corrected chi connectivity index (χ1v) is 16.4. The number of esters is 1. The number of halogens is 1. The maximum Gasteiger partial charge on any atom is 0.328 e. The van der Waals surface area contributed by atoms with Gasteiger partial charge in [0.25, 0.3) is 5.91 Å². The zero-order valence-electron chi connectivity index (χ0n) is 26.8. The molecule has 1 heterocycles. The van der Waals surface area contributed by atoms with Gasteiger partial charge in [0.2, 0.25) is 0 Å². The molecule has 0 aliphatic carbocycles. The molecule has 0 bridgehead atoms. The van der Waals surface area contributed by atoms with Crippen LogP contribution < -0.4 is 10.1 Å². The molecule has 238 valence electrons. The molecule has 0 aliphatic heterocycles. The number of carbonyl (C=O) groups excluding carboxylic acids is 2. The Bertz CT molecular complexity index is 1560. The summed E-state index contributed by atoms with van der Waals surface area (Å²) in [7, 11) is 1.26. The largest absolute Gasteiger partial charge is 0.494 e. The van der Waals surface area contributed by atoms with E-state index in [0.717, 1.165) is 28.2 Å². The molecule has 1 aromatic heterocycles. The van der Waals surface area contributed by atoms with Crippen molar-refractivity contribution in [1.82, 2.24) is 10.3 Å². The third-order valence-corrected chi connectivity index (χ3v) is 8.75. The van der Waals surface area contributed by atoms with E-state index in [-0.39, 0.29) is 11.8 Å². The van der Waals surface area contributed by atoms with Crippen molar-refractivity contribution in [3.05, 3.63) is 95.4 Å². The minimum Gasteiger partial charge on any atom is -0.494 e. The molecule has 0 aliphatic rings. The van der Waals surface area contributed by atoms with Crippen molar-refractivity contribution in [3.8, 4) is 26.8 Å². The second-order valence-corrected chi connectivity index (χ2v) is 13.2. The van der Waals surface area contributed by atoms with Crippen LogP contribution in [-0.4, -0.2) is 36.6 Å². The number of hydrogen-bond acceptors (Lipinski definition) is 6. The fourth-order valence-corrected chi connectivity index (χ4v) is 5.89. The smallest absolute Gasteiger partial charge is 0.328 e. The Morgan fingerprint density at radius 1 is 0.956 bits per heavy atom. The number of amides is 1. The normalized spacial score (nSPS) is 12.0. The van der Waals surface area contributed by atoms with Crippen molar-refractivity contribution >= 4 is 23.2 Å². The van der Waals surface area contributed by atoms with Gasteiger partial charge in [0.1, 0.15) is 22.6 Å². The van der Waals surface area contributed by atoms with E-state index in [9.17, 15) is 9.59 Å². The molecule has 8 heteroatoms. The second-order valence-electron chi connectivity index (χ2n) is 12.2. The van der Waals surface area contributed by atoms with E-state index in [2.05, 4.69) is 38.0 Å². The zero-order chi connectivity index (χ0) is 32.4. The molecule has 0 spiro atoms. The van der Waals surface area contributed by atoms with Crippen molar-refractivity contribution in [3.63, 3.8) is 0 Å². The van der Waals surface area contributed by atoms with Crippen LogP contribution in [0.4, 0.5) is 4.39 Å². The number of ether oxygens (including phenoxy) is 2. The van der Waals surface area contributed by atoms with E-state index in [0.29, 0.717) is 28.3 Å². The number of benzene rings is 3. The lowest BCUT2D eigenvalue weighted by Crippen LogP contribution is -2.43. The molecule has 4 aromatic rings. The van der Waals surface area contributed by atoms with Crippen molar-refractivity contribution in [2.45, 2.75) is 77.7 Å². The summed E-state index contributed by atoms with van der Waals surface area (Å²) >= 11 is 1.40. The van der Waals surface area contributed by atoms with Crippen LogP contribution in [0.2, 0.25) is 0 Å². The first-order chi connectivity index (χ1) is 21.6. The number of thiazole rings is 1. The van der Waals surface area contributed by atoms with Gasteiger partial charge in [-0.05, 0) is 77.1 Å².